The van der Waals surface area contributed by atoms with Crippen molar-refractivity contribution in [1.29, 1.82) is 0 Å². The van der Waals surface area contributed by atoms with E-state index < -0.39 is 161 Å². The zero-order valence-electron chi connectivity index (χ0n) is 39.9. The second kappa shape index (κ2) is 21.7. The van der Waals surface area contributed by atoms with Crippen LogP contribution in [0.25, 0.3) is 6.08 Å². The molecule has 2 aliphatic heterocycles. The van der Waals surface area contributed by atoms with Gasteiger partial charge in [0.25, 0.3) is 0 Å². The number of carboxylic acid groups (broad SMARTS) is 3. The van der Waals surface area contributed by atoms with E-state index in [0.717, 1.165) is 78.9 Å². The van der Waals surface area contributed by atoms with Gasteiger partial charge in [-0.25, -0.2) is 19.2 Å². The maximum atomic E-state index is 14.3. The minimum absolute atomic E-state index is 0.00269. The van der Waals surface area contributed by atoms with Crippen LogP contribution in [0.2, 0.25) is 0 Å². The Labute approximate surface area is 437 Å². The summed E-state index contributed by atoms with van der Waals surface area (Å²) in [6, 6.07) is 17.9. The largest absolute Gasteiger partial charge is 0.504 e. The minimum atomic E-state index is -2.12. The van der Waals surface area contributed by atoms with Crippen LogP contribution < -0.4 is 9.47 Å². The Balaban J connectivity index is 1.10. The van der Waals surface area contributed by atoms with Crippen LogP contribution in [0.1, 0.15) is 68.6 Å². The molecule has 0 aliphatic carbocycles. The lowest BCUT2D eigenvalue weighted by Crippen LogP contribution is -2.33. The van der Waals surface area contributed by atoms with Crippen LogP contribution in [0.5, 0.6) is 69.0 Å². The normalized spacial score (nSPS) is 17.3. The first-order valence-corrected chi connectivity index (χ1v) is 23.1. The molecular formula is C54H44O24. The van der Waals surface area contributed by atoms with E-state index in [1.807, 2.05) is 0 Å². The lowest BCUT2D eigenvalue weighted by Gasteiger charge is -2.23. The van der Waals surface area contributed by atoms with Crippen molar-refractivity contribution in [1.82, 2.24) is 0 Å². The first kappa shape index (κ1) is 53.8. The predicted octanol–water partition coefficient (Wildman–Crippen LogP) is 4.91. The molecule has 0 bridgehead atoms. The number of hydrogen-bond acceptors (Lipinski definition) is 21. The Morgan fingerprint density at radius 3 is 1.26 bits per heavy atom. The van der Waals surface area contributed by atoms with E-state index in [1.54, 1.807) is 0 Å². The van der Waals surface area contributed by atoms with Crippen molar-refractivity contribution in [3.05, 3.63) is 148 Å². The molecule has 7 unspecified atom stereocenters. The van der Waals surface area contributed by atoms with Crippen LogP contribution in [0, 0.1) is 0 Å². The SMILES string of the molecule is O=C(/C=C/c1ccc(O)c2c1C(C(=O)OC(Cc1ccc(O)c(O)c1)C(=O)O)C(c1ccc(O)c(O)c1)O2)OC(Cc1ccc(O)c2c1C(C(=O)OC(Cc1ccc(O)c(O)c1)C(=O)O)C(c1ccc(O)c(O)c1)O2)C(=O)O. The number of carbonyl (C=O) groups excluding carboxylic acids is 3. The zero-order valence-corrected chi connectivity index (χ0v) is 39.9. The molecule has 8 rings (SSSR count). The number of phenols is 10. The molecular weight excluding hydrogens is 1030 g/mol. The number of benzene rings is 6. The third-order valence-electron chi connectivity index (χ3n) is 12.7. The summed E-state index contributed by atoms with van der Waals surface area (Å²) in [7, 11) is 0. The number of aromatic hydroxyl groups is 10. The van der Waals surface area contributed by atoms with Crippen molar-refractivity contribution >= 4 is 41.9 Å². The number of hydrogen-bond donors (Lipinski definition) is 13. The van der Waals surface area contributed by atoms with E-state index in [9.17, 15) is 95.2 Å². The highest BCUT2D eigenvalue weighted by atomic mass is 16.6. The summed E-state index contributed by atoms with van der Waals surface area (Å²) in [5, 5.41) is 133. The van der Waals surface area contributed by atoms with E-state index in [1.165, 1.54) is 30.3 Å². The van der Waals surface area contributed by atoms with Crippen molar-refractivity contribution in [3.8, 4) is 69.0 Å². The number of phenolic OH excluding ortho intramolecular Hbond substituents is 10. The van der Waals surface area contributed by atoms with E-state index >= 15 is 0 Å². The number of carboxylic acids is 3. The maximum Gasteiger partial charge on any atom is 0.345 e. The Morgan fingerprint density at radius 1 is 0.436 bits per heavy atom. The molecule has 0 fully saturated rings. The zero-order chi connectivity index (χ0) is 56.4. The second-order valence-corrected chi connectivity index (χ2v) is 17.8. The predicted molar refractivity (Wildman–Crippen MR) is 260 cm³/mol. The molecule has 2 heterocycles. The van der Waals surface area contributed by atoms with Crippen LogP contribution in [-0.4, -0.2) is 121 Å². The van der Waals surface area contributed by atoms with Gasteiger partial charge in [0.15, 0.2) is 69.0 Å². The summed E-state index contributed by atoms with van der Waals surface area (Å²) in [6.45, 7) is 0. The molecule has 0 amide bonds. The highest BCUT2D eigenvalue weighted by Crippen LogP contribution is 2.55. The van der Waals surface area contributed by atoms with Gasteiger partial charge in [-0.15, -0.1) is 0 Å². The molecule has 13 N–H and O–H groups in total. The number of esters is 3. The smallest absolute Gasteiger partial charge is 0.345 e. The van der Waals surface area contributed by atoms with Crippen LogP contribution in [0.15, 0.2) is 103 Å². The van der Waals surface area contributed by atoms with Crippen molar-refractivity contribution in [2.75, 3.05) is 0 Å². The monoisotopic (exact) mass is 1080 g/mol. The van der Waals surface area contributed by atoms with Crippen molar-refractivity contribution in [3.63, 3.8) is 0 Å². The number of carbonyl (C=O) groups is 6. The van der Waals surface area contributed by atoms with Gasteiger partial charge in [-0.3, -0.25) is 9.59 Å². The van der Waals surface area contributed by atoms with Crippen LogP contribution in [-0.2, 0) is 62.2 Å². The average molecular weight is 1080 g/mol. The molecule has 404 valence electrons. The lowest BCUT2D eigenvalue weighted by atomic mass is 9.86. The van der Waals surface area contributed by atoms with E-state index in [0.29, 0.717) is 0 Å². The molecule has 7 atom stereocenters. The van der Waals surface area contributed by atoms with E-state index in [4.69, 9.17) is 23.7 Å². The Kier molecular flexibility index (Phi) is 15.0. The average Bonchev–Trinajstić information content (AvgIpc) is 4.13. The van der Waals surface area contributed by atoms with Crippen LogP contribution in [0.3, 0.4) is 0 Å². The summed E-state index contributed by atoms with van der Waals surface area (Å²) < 4.78 is 28.4. The fourth-order valence-corrected chi connectivity index (χ4v) is 8.92. The van der Waals surface area contributed by atoms with Gasteiger partial charge in [0.1, 0.15) is 24.0 Å². The number of rotatable bonds is 18. The molecule has 0 saturated carbocycles. The van der Waals surface area contributed by atoms with Gasteiger partial charge in [-0.1, -0.05) is 36.4 Å². The van der Waals surface area contributed by atoms with E-state index in [-0.39, 0.29) is 50.3 Å². The third kappa shape index (κ3) is 11.1. The lowest BCUT2D eigenvalue weighted by molar-refractivity contribution is -0.166. The minimum Gasteiger partial charge on any atom is -0.504 e. The van der Waals surface area contributed by atoms with Gasteiger partial charge in [-0.05, 0) is 100 Å². The first-order chi connectivity index (χ1) is 37.0. The molecule has 78 heavy (non-hydrogen) atoms. The topological polar surface area (TPSA) is 412 Å². The Morgan fingerprint density at radius 2 is 0.821 bits per heavy atom. The molecule has 6 aromatic carbocycles. The highest BCUT2D eigenvalue weighted by molar-refractivity contribution is 5.92. The molecule has 0 spiro atoms. The van der Waals surface area contributed by atoms with Gasteiger partial charge in [0, 0.05) is 36.5 Å². The van der Waals surface area contributed by atoms with Crippen molar-refractivity contribution in [2.45, 2.75) is 61.6 Å². The molecule has 2 aliphatic rings. The molecule has 24 nitrogen and oxygen atoms in total. The summed E-state index contributed by atoms with van der Waals surface area (Å²) in [5.74, 6) is -19.2. The van der Waals surface area contributed by atoms with Gasteiger partial charge in [-0.2, -0.15) is 0 Å². The number of aliphatic carboxylic acids is 3. The molecule has 0 saturated heterocycles. The fraction of sp³-hybridized carbons (Fsp3) is 0.185. The van der Waals surface area contributed by atoms with Crippen molar-refractivity contribution in [2.24, 2.45) is 0 Å². The van der Waals surface area contributed by atoms with Crippen LogP contribution in [0.4, 0.5) is 0 Å². The summed E-state index contributed by atoms with van der Waals surface area (Å²) >= 11 is 0. The summed E-state index contributed by atoms with van der Waals surface area (Å²) in [6.07, 6.45) is -9.22. The Bertz CT molecular complexity index is 3440. The maximum absolute atomic E-state index is 14.3. The first-order valence-electron chi connectivity index (χ1n) is 23.1. The van der Waals surface area contributed by atoms with Gasteiger partial charge >= 0.3 is 35.8 Å². The molecule has 0 radical (unpaired) electrons. The number of ether oxygens (including phenoxy) is 5. The summed E-state index contributed by atoms with van der Waals surface area (Å²) in [4.78, 5) is 80.1. The molecule has 6 aromatic rings. The third-order valence-corrected chi connectivity index (χ3v) is 12.7. The van der Waals surface area contributed by atoms with Gasteiger partial charge in [0.2, 0.25) is 18.3 Å². The fourth-order valence-electron chi connectivity index (χ4n) is 8.92. The highest BCUT2D eigenvalue weighted by Gasteiger charge is 2.48. The molecule has 24 heteroatoms. The molecule has 0 aromatic heterocycles. The standard InChI is InChI=1S/C54H44O24/c55-28-8-1-22(15-34(28)61)17-38(50(66)67)75-53(72)44-42-24(3-12-32(59)48(42)77-46(44)26-5-10-30(57)36(63)19-26)7-14-41(65)74-40(52(70)71)21-25-4-13-33(60)49-43(25)45(47(78-49)27-6-11-31(58)37(64)20-27)54(73)76-39(51(68)69)18-23-2-9-29(56)35(62)16-23/h1-16,19-20,38-40,44-47,55-64H,17-18,21H2,(H,66,67)(H,68,69)(H,70,71)/b14-7+. The van der Waals surface area contributed by atoms with Gasteiger partial charge < -0.3 is 90.1 Å². The number of fused-ring (bicyclic) bond motifs is 2. The Hall–Kier alpha value is -10.5. The van der Waals surface area contributed by atoms with Crippen LogP contribution >= 0.6 is 0 Å². The second-order valence-electron chi connectivity index (χ2n) is 17.8. The summed E-state index contributed by atoms with van der Waals surface area (Å²) in [5.41, 5.74) is -0.481. The quantitative estimate of drug-likeness (QED) is 0.0235. The van der Waals surface area contributed by atoms with E-state index in [2.05, 4.69) is 0 Å². The van der Waals surface area contributed by atoms with Gasteiger partial charge in [0.05, 0.1) is 0 Å². The van der Waals surface area contributed by atoms with Crippen molar-refractivity contribution < 1.29 is 119 Å².